The van der Waals surface area contributed by atoms with Crippen molar-refractivity contribution >= 4 is 28.7 Å². The molecule has 0 unspecified atom stereocenters. The van der Waals surface area contributed by atoms with Crippen molar-refractivity contribution in [2.24, 2.45) is 0 Å². The highest BCUT2D eigenvalue weighted by Crippen LogP contribution is 2.20. The van der Waals surface area contributed by atoms with E-state index in [0.717, 1.165) is 17.1 Å². The standard InChI is InChI=1S/C19H17N3O/c20-15-11-9-14(10-12-15)19(23)22-18-8-4-7-17(13-18)21-16-5-2-1-3-6-16/h1-13,21H,20H2,(H,22,23). The Hall–Kier alpha value is -3.27. The molecule has 0 aromatic heterocycles. The van der Waals surface area contributed by atoms with Gasteiger partial charge in [-0.05, 0) is 54.6 Å². The summed E-state index contributed by atoms with van der Waals surface area (Å²) in [5.74, 6) is -0.165. The molecule has 0 radical (unpaired) electrons. The van der Waals surface area contributed by atoms with Crippen LogP contribution in [0.4, 0.5) is 22.7 Å². The number of nitrogens with one attached hydrogen (secondary N) is 2. The Bertz CT molecular complexity index is 798. The third kappa shape index (κ3) is 3.89. The predicted molar refractivity (Wildman–Crippen MR) is 95.0 cm³/mol. The SMILES string of the molecule is Nc1ccc(C(=O)Nc2cccc(Nc3ccccc3)c2)cc1. The van der Waals surface area contributed by atoms with E-state index in [1.807, 2.05) is 54.6 Å². The van der Waals surface area contributed by atoms with E-state index in [1.54, 1.807) is 24.3 Å². The maximum absolute atomic E-state index is 12.2. The van der Waals surface area contributed by atoms with Crippen LogP contribution in [0.3, 0.4) is 0 Å². The molecule has 0 aliphatic heterocycles. The molecule has 4 heteroatoms. The summed E-state index contributed by atoms with van der Waals surface area (Å²) in [6.45, 7) is 0. The molecule has 1 amide bonds. The number of carbonyl (C=O) groups excluding carboxylic acids is 1. The van der Waals surface area contributed by atoms with Crippen molar-refractivity contribution in [3.05, 3.63) is 84.4 Å². The van der Waals surface area contributed by atoms with Crippen LogP contribution in [0.1, 0.15) is 10.4 Å². The van der Waals surface area contributed by atoms with Gasteiger partial charge in [0.1, 0.15) is 0 Å². The number of hydrogen-bond acceptors (Lipinski definition) is 3. The number of rotatable bonds is 4. The molecule has 3 aromatic rings. The molecule has 0 fully saturated rings. The number of hydrogen-bond donors (Lipinski definition) is 3. The first kappa shape index (κ1) is 14.7. The van der Waals surface area contributed by atoms with Crippen LogP contribution in [0, 0.1) is 0 Å². The van der Waals surface area contributed by atoms with Gasteiger partial charge in [0, 0.05) is 28.3 Å². The van der Waals surface area contributed by atoms with E-state index < -0.39 is 0 Å². The lowest BCUT2D eigenvalue weighted by atomic mass is 10.2. The van der Waals surface area contributed by atoms with Gasteiger partial charge in [0.2, 0.25) is 0 Å². The summed E-state index contributed by atoms with van der Waals surface area (Å²) in [6, 6.07) is 24.3. The lowest BCUT2D eigenvalue weighted by molar-refractivity contribution is 0.102. The van der Waals surface area contributed by atoms with Crippen molar-refractivity contribution in [3.63, 3.8) is 0 Å². The van der Waals surface area contributed by atoms with Crippen LogP contribution in [0.15, 0.2) is 78.9 Å². The molecule has 0 aliphatic carbocycles. The van der Waals surface area contributed by atoms with Crippen molar-refractivity contribution in [2.75, 3.05) is 16.4 Å². The largest absolute Gasteiger partial charge is 0.399 e. The number of para-hydroxylation sites is 1. The second kappa shape index (κ2) is 6.66. The van der Waals surface area contributed by atoms with Crippen LogP contribution in [0.5, 0.6) is 0 Å². The van der Waals surface area contributed by atoms with Gasteiger partial charge in [-0.3, -0.25) is 4.79 Å². The molecule has 114 valence electrons. The highest BCUT2D eigenvalue weighted by atomic mass is 16.1. The minimum Gasteiger partial charge on any atom is -0.399 e. The lowest BCUT2D eigenvalue weighted by Gasteiger charge is -2.10. The smallest absolute Gasteiger partial charge is 0.255 e. The van der Waals surface area contributed by atoms with E-state index in [-0.39, 0.29) is 5.91 Å². The maximum Gasteiger partial charge on any atom is 0.255 e. The predicted octanol–water partition coefficient (Wildman–Crippen LogP) is 4.26. The fourth-order valence-electron chi connectivity index (χ4n) is 2.20. The van der Waals surface area contributed by atoms with E-state index in [1.165, 1.54) is 0 Å². The van der Waals surface area contributed by atoms with Gasteiger partial charge in [-0.1, -0.05) is 24.3 Å². The summed E-state index contributed by atoms with van der Waals surface area (Å²) in [6.07, 6.45) is 0. The molecule has 0 aliphatic rings. The van der Waals surface area contributed by atoms with Gasteiger partial charge < -0.3 is 16.4 Å². The minimum absolute atomic E-state index is 0.165. The highest BCUT2D eigenvalue weighted by molar-refractivity contribution is 6.04. The quantitative estimate of drug-likeness (QED) is 0.631. The summed E-state index contributed by atoms with van der Waals surface area (Å²) in [5, 5.41) is 6.18. The zero-order valence-electron chi connectivity index (χ0n) is 12.5. The number of anilines is 4. The number of amides is 1. The Kier molecular flexibility index (Phi) is 4.25. The molecule has 3 aromatic carbocycles. The van der Waals surface area contributed by atoms with Gasteiger partial charge in [0.25, 0.3) is 5.91 Å². The van der Waals surface area contributed by atoms with Crippen LogP contribution in [-0.4, -0.2) is 5.91 Å². The Labute approximate surface area is 135 Å². The molecule has 23 heavy (non-hydrogen) atoms. The zero-order valence-corrected chi connectivity index (χ0v) is 12.5. The molecule has 0 spiro atoms. The van der Waals surface area contributed by atoms with E-state index >= 15 is 0 Å². The second-order valence-corrected chi connectivity index (χ2v) is 5.15. The van der Waals surface area contributed by atoms with Crippen LogP contribution in [0.2, 0.25) is 0 Å². The highest BCUT2D eigenvalue weighted by Gasteiger charge is 2.06. The fraction of sp³-hybridized carbons (Fsp3) is 0. The first-order valence-electron chi connectivity index (χ1n) is 7.30. The molecule has 4 nitrogen and oxygen atoms in total. The number of carbonyl (C=O) groups is 1. The van der Waals surface area contributed by atoms with E-state index in [4.69, 9.17) is 5.73 Å². The van der Waals surface area contributed by atoms with Gasteiger partial charge in [0.15, 0.2) is 0 Å². The molecule has 0 heterocycles. The van der Waals surface area contributed by atoms with Crippen LogP contribution < -0.4 is 16.4 Å². The Morgan fingerprint density at radius 1 is 0.739 bits per heavy atom. The lowest BCUT2D eigenvalue weighted by Crippen LogP contribution is -2.11. The van der Waals surface area contributed by atoms with E-state index in [2.05, 4.69) is 10.6 Å². The minimum atomic E-state index is -0.165. The fourth-order valence-corrected chi connectivity index (χ4v) is 2.20. The van der Waals surface area contributed by atoms with E-state index in [0.29, 0.717) is 11.3 Å². The van der Waals surface area contributed by atoms with Crippen LogP contribution >= 0.6 is 0 Å². The van der Waals surface area contributed by atoms with Crippen molar-refractivity contribution in [2.45, 2.75) is 0 Å². The monoisotopic (exact) mass is 303 g/mol. The van der Waals surface area contributed by atoms with Crippen molar-refractivity contribution in [1.82, 2.24) is 0 Å². The van der Waals surface area contributed by atoms with Crippen molar-refractivity contribution < 1.29 is 4.79 Å². The summed E-state index contributed by atoms with van der Waals surface area (Å²) < 4.78 is 0. The molecule has 0 bridgehead atoms. The van der Waals surface area contributed by atoms with Gasteiger partial charge in [-0.2, -0.15) is 0 Å². The molecule has 0 saturated heterocycles. The molecule has 3 rings (SSSR count). The first-order valence-corrected chi connectivity index (χ1v) is 7.30. The molecular formula is C19H17N3O. The average Bonchev–Trinajstić information content (AvgIpc) is 2.57. The number of benzene rings is 3. The zero-order chi connectivity index (χ0) is 16.1. The maximum atomic E-state index is 12.2. The van der Waals surface area contributed by atoms with Gasteiger partial charge >= 0.3 is 0 Å². The summed E-state index contributed by atoms with van der Waals surface area (Å²) >= 11 is 0. The summed E-state index contributed by atoms with van der Waals surface area (Å²) in [7, 11) is 0. The normalized spacial score (nSPS) is 10.1. The summed E-state index contributed by atoms with van der Waals surface area (Å²) in [4.78, 5) is 12.2. The third-order valence-corrected chi connectivity index (χ3v) is 3.36. The summed E-state index contributed by atoms with van der Waals surface area (Å²) in [5.41, 5.74) is 9.47. The van der Waals surface area contributed by atoms with Crippen LogP contribution in [0.25, 0.3) is 0 Å². The second-order valence-electron chi connectivity index (χ2n) is 5.15. The Balaban J connectivity index is 1.72. The van der Waals surface area contributed by atoms with Crippen LogP contribution in [-0.2, 0) is 0 Å². The molecule has 4 N–H and O–H groups in total. The molecular weight excluding hydrogens is 286 g/mol. The van der Waals surface area contributed by atoms with Crippen molar-refractivity contribution in [3.8, 4) is 0 Å². The van der Waals surface area contributed by atoms with Gasteiger partial charge in [0.05, 0.1) is 0 Å². The van der Waals surface area contributed by atoms with E-state index in [9.17, 15) is 4.79 Å². The molecule has 0 saturated carbocycles. The number of nitrogen functional groups attached to an aromatic ring is 1. The Morgan fingerprint density at radius 3 is 2.13 bits per heavy atom. The average molecular weight is 303 g/mol. The third-order valence-electron chi connectivity index (χ3n) is 3.36. The Morgan fingerprint density at radius 2 is 1.39 bits per heavy atom. The topological polar surface area (TPSA) is 67.2 Å². The number of nitrogens with two attached hydrogens (primary N) is 1. The first-order chi connectivity index (χ1) is 11.2. The molecule has 0 atom stereocenters. The van der Waals surface area contributed by atoms with Gasteiger partial charge in [-0.25, -0.2) is 0 Å². The van der Waals surface area contributed by atoms with Crippen molar-refractivity contribution in [1.29, 1.82) is 0 Å². The van der Waals surface area contributed by atoms with Gasteiger partial charge in [-0.15, -0.1) is 0 Å².